The molecule has 3 heterocycles. The number of piperidine rings is 1. The van der Waals surface area contributed by atoms with E-state index in [-0.39, 0.29) is 5.92 Å². The minimum atomic E-state index is -3.54. The van der Waals surface area contributed by atoms with E-state index in [4.69, 9.17) is 4.74 Å². The van der Waals surface area contributed by atoms with Crippen LogP contribution in [-0.2, 0) is 28.4 Å². The first-order valence-electron chi connectivity index (χ1n) is 8.44. The van der Waals surface area contributed by atoms with Gasteiger partial charge in [0.25, 0.3) is 0 Å². The Bertz CT molecular complexity index is 827. The summed E-state index contributed by atoms with van der Waals surface area (Å²) in [4.78, 5) is 4.76. The van der Waals surface area contributed by atoms with Crippen LogP contribution in [0.15, 0.2) is 23.5 Å². The molecular weight excluding hydrogens is 342 g/mol. The fourth-order valence-corrected chi connectivity index (χ4v) is 5.01. The van der Waals surface area contributed by atoms with Gasteiger partial charge in [-0.3, -0.25) is 4.68 Å². The van der Waals surface area contributed by atoms with E-state index < -0.39 is 10.0 Å². The average Bonchev–Trinajstić information content (AvgIpc) is 3.20. The molecule has 0 unspecified atom stereocenters. The van der Waals surface area contributed by atoms with E-state index in [0.29, 0.717) is 30.3 Å². The fraction of sp³-hybridized carbons (Fsp3) is 0.625. The predicted octanol–water partition coefficient (Wildman–Crippen LogP) is 1.14. The SMILES string of the molecule is COCCn1ccnc1[C@@H]1CCCN(S(=O)(=O)c2cnn(C)c2C)C1. The van der Waals surface area contributed by atoms with Crippen molar-refractivity contribution in [3.8, 4) is 0 Å². The maximum Gasteiger partial charge on any atom is 0.246 e. The molecule has 0 aromatic carbocycles. The second kappa shape index (κ2) is 7.27. The summed E-state index contributed by atoms with van der Waals surface area (Å²) < 4.78 is 36.4. The van der Waals surface area contributed by atoms with Crippen molar-refractivity contribution in [1.29, 1.82) is 0 Å². The van der Waals surface area contributed by atoms with Gasteiger partial charge in [-0.15, -0.1) is 0 Å². The molecule has 25 heavy (non-hydrogen) atoms. The number of hydrogen-bond acceptors (Lipinski definition) is 5. The lowest BCUT2D eigenvalue weighted by atomic mass is 9.99. The summed E-state index contributed by atoms with van der Waals surface area (Å²) in [5.41, 5.74) is 0.656. The monoisotopic (exact) mass is 367 g/mol. The van der Waals surface area contributed by atoms with Gasteiger partial charge in [0.1, 0.15) is 10.7 Å². The molecule has 0 aliphatic carbocycles. The van der Waals surface area contributed by atoms with Crippen molar-refractivity contribution < 1.29 is 13.2 Å². The Hall–Kier alpha value is -1.71. The average molecular weight is 367 g/mol. The van der Waals surface area contributed by atoms with Gasteiger partial charge in [0.2, 0.25) is 10.0 Å². The number of sulfonamides is 1. The van der Waals surface area contributed by atoms with E-state index in [0.717, 1.165) is 25.2 Å². The highest BCUT2D eigenvalue weighted by Gasteiger charge is 2.34. The molecule has 8 nitrogen and oxygen atoms in total. The third kappa shape index (κ3) is 3.49. The van der Waals surface area contributed by atoms with Gasteiger partial charge >= 0.3 is 0 Å². The molecule has 1 fully saturated rings. The van der Waals surface area contributed by atoms with Crippen LogP contribution >= 0.6 is 0 Å². The highest BCUT2D eigenvalue weighted by molar-refractivity contribution is 7.89. The lowest BCUT2D eigenvalue weighted by molar-refractivity contribution is 0.184. The second-order valence-corrected chi connectivity index (χ2v) is 8.30. The van der Waals surface area contributed by atoms with Crippen LogP contribution in [0, 0.1) is 6.92 Å². The van der Waals surface area contributed by atoms with Crippen LogP contribution < -0.4 is 0 Å². The number of imidazole rings is 1. The van der Waals surface area contributed by atoms with Gasteiger partial charge < -0.3 is 9.30 Å². The lowest BCUT2D eigenvalue weighted by Gasteiger charge is -2.31. The predicted molar refractivity (Wildman–Crippen MR) is 92.8 cm³/mol. The van der Waals surface area contributed by atoms with Gasteiger partial charge in [-0.1, -0.05) is 0 Å². The summed E-state index contributed by atoms with van der Waals surface area (Å²) in [6.07, 6.45) is 6.88. The third-order valence-electron chi connectivity index (χ3n) is 4.84. The molecule has 1 aliphatic heterocycles. The van der Waals surface area contributed by atoms with Crippen LogP contribution in [0.4, 0.5) is 0 Å². The molecule has 0 bridgehead atoms. The number of hydrogen-bond donors (Lipinski definition) is 0. The van der Waals surface area contributed by atoms with Crippen molar-refractivity contribution in [2.75, 3.05) is 26.8 Å². The number of ether oxygens (including phenoxy) is 1. The smallest absolute Gasteiger partial charge is 0.246 e. The minimum absolute atomic E-state index is 0.0901. The molecule has 138 valence electrons. The Balaban J connectivity index is 1.82. The van der Waals surface area contributed by atoms with Crippen LogP contribution in [0.1, 0.15) is 30.3 Å². The van der Waals surface area contributed by atoms with E-state index in [1.807, 2.05) is 6.20 Å². The molecule has 0 amide bonds. The van der Waals surface area contributed by atoms with Crippen LogP contribution in [-0.4, -0.2) is 58.9 Å². The molecule has 1 aliphatic rings. The van der Waals surface area contributed by atoms with Crippen molar-refractivity contribution in [2.24, 2.45) is 7.05 Å². The van der Waals surface area contributed by atoms with Gasteiger partial charge in [0.15, 0.2) is 0 Å². The van der Waals surface area contributed by atoms with Crippen LogP contribution in [0.3, 0.4) is 0 Å². The summed E-state index contributed by atoms with van der Waals surface area (Å²) in [5, 5.41) is 4.07. The van der Waals surface area contributed by atoms with E-state index >= 15 is 0 Å². The maximum atomic E-state index is 13.0. The van der Waals surface area contributed by atoms with Crippen LogP contribution in [0.5, 0.6) is 0 Å². The number of nitrogens with zero attached hydrogens (tertiary/aromatic N) is 5. The van der Waals surface area contributed by atoms with Crippen LogP contribution in [0.2, 0.25) is 0 Å². The first-order chi connectivity index (χ1) is 11.9. The summed E-state index contributed by atoms with van der Waals surface area (Å²) in [6.45, 7) is 4.08. The largest absolute Gasteiger partial charge is 0.383 e. The quantitative estimate of drug-likeness (QED) is 0.765. The normalized spacial score (nSPS) is 19.4. The fourth-order valence-electron chi connectivity index (χ4n) is 3.30. The Morgan fingerprint density at radius 2 is 2.20 bits per heavy atom. The highest BCUT2D eigenvalue weighted by atomic mass is 32.2. The van der Waals surface area contributed by atoms with E-state index in [1.165, 1.54) is 6.20 Å². The standard InChI is InChI=1S/C16H25N5O3S/c1-13-15(11-18-19(13)2)25(22,23)21-7-4-5-14(12-21)16-17-6-8-20(16)9-10-24-3/h6,8,11,14H,4-5,7,9-10,12H2,1-3H3/t14-/m1/s1. The van der Waals surface area contributed by atoms with Crippen molar-refractivity contribution >= 4 is 10.0 Å². The zero-order valence-corrected chi connectivity index (χ0v) is 15.7. The van der Waals surface area contributed by atoms with E-state index in [1.54, 1.807) is 36.3 Å². The molecule has 2 aromatic rings. The molecule has 0 N–H and O–H groups in total. The summed E-state index contributed by atoms with van der Waals surface area (Å²) >= 11 is 0. The molecule has 2 aromatic heterocycles. The zero-order valence-electron chi connectivity index (χ0n) is 14.9. The molecule has 0 saturated carbocycles. The van der Waals surface area contributed by atoms with Gasteiger partial charge in [0, 0.05) is 52.1 Å². The van der Waals surface area contributed by atoms with Gasteiger partial charge in [0.05, 0.1) is 18.5 Å². The lowest BCUT2D eigenvalue weighted by Crippen LogP contribution is -2.40. The van der Waals surface area contributed by atoms with E-state index in [9.17, 15) is 8.42 Å². The Morgan fingerprint density at radius 3 is 2.88 bits per heavy atom. The highest BCUT2D eigenvalue weighted by Crippen LogP contribution is 2.30. The first-order valence-corrected chi connectivity index (χ1v) is 9.88. The third-order valence-corrected chi connectivity index (χ3v) is 6.81. The molecule has 0 radical (unpaired) electrons. The molecule has 3 rings (SSSR count). The Labute approximate surface area is 148 Å². The number of rotatable bonds is 6. The summed E-state index contributed by atoms with van der Waals surface area (Å²) in [7, 11) is -0.119. The maximum absolute atomic E-state index is 13.0. The molecule has 9 heteroatoms. The molecule has 1 atom stereocenters. The van der Waals surface area contributed by atoms with Crippen molar-refractivity contribution in [1.82, 2.24) is 23.6 Å². The van der Waals surface area contributed by atoms with Crippen molar-refractivity contribution in [2.45, 2.75) is 37.1 Å². The number of aromatic nitrogens is 4. The van der Waals surface area contributed by atoms with Crippen molar-refractivity contribution in [3.05, 3.63) is 30.1 Å². The molecule has 0 spiro atoms. The zero-order chi connectivity index (χ0) is 18.0. The number of methoxy groups -OCH3 is 1. The summed E-state index contributed by atoms with van der Waals surface area (Å²) in [6, 6.07) is 0. The minimum Gasteiger partial charge on any atom is -0.383 e. The molecular formula is C16H25N5O3S. The van der Waals surface area contributed by atoms with Gasteiger partial charge in [-0.05, 0) is 19.8 Å². The van der Waals surface area contributed by atoms with E-state index in [2.05, 4.69) is 14.6 Å². The Kier molecular flexibility index (Phi) is 5.26. The van der Waals surface area contributed by atoms with Crippen molar-refractivity contribution in [3.63, 3.8) is 0 Å². The Morgan fingerprint density at radius 1 is 1.40 bits per heavy atom. The summed E-state index contributed by atoms with van der Waals surface area (Å²) in [5.74, 6) is 1.02. The van der Waals surface area contributed by atoms with Gasteiger partial charge in [-0.25, -0.2) is 13.4 Å². The number of aryl methyl sites for hydroxylation is 1. The second-order valence-electron chi connectivity index (χ2n) is 6.39. The van der Waals surface area contributed by atoms with Crippen LogP contribution in [0.25, 0.3) is 0 Å². The van der Waals surface area contributed by atoms with Gasteiger partial charge in [-0.2, -0.15) is 9.40 Å². The first kappa shape index (κ1) is 18.1. The molecule has 1 saturated heterocycles. The topological polar surface area (TPSA) is 82.2 Å².